The Labute approximate surface area is 128 Å². The molecule has 0 aliphatic heterocycles. The van der Waals surface area contributed by atoms with Gasteiger partial charge in [0, 0.05) is 39.8 Å². The quantitative estimate of drug-likeness (QED) is 0.323. The summed E-state index contributed by atoms with van der Waals surface area (Å²) in [6, 6.07) is 0. The van der Waals surface area contributed by atoms with Gasteiger partial charge in [-0.15, -0.1) is 0 Å². The van der Waals surface area contributed by atoms with E-state index in [9.17, 15) is 5.11 Å². The van der Waals surface area contributed by atoms with Crippen LogP contribution in [-0.4, -0.2) is 68.4 Å². The second-order valence-corrected chi connectivity index (χ2v) is 7.83. The van der Waals surface area contributed by atoms with E-state index in [0.29, 0.717) is 16.8 Å². The van der Waals surface area contributed by atoms with Gasteiger partial charge < -0.3 is 10.2 Å². The van der Waals surface area contributed by atoms with Gasteiger partial charge in [0.05, 0.1) is 12.7 Å². The smallest absolute Gasteiger partial charge is 0.0721 e. The van der Waals surface area contributed by atoms with Crippen molar-refractivity contribution >= 4 is 60.5 Å². The molecule has 0 rings (SSSR count). The Morgan fingerprint density at radius 1 is 1.00 bits per heavy atom. The SMILES string of the molecule is OCCSCC(O)CSC(CS)CSCCS. The number of aliphatic hydroxyl groups is 2. The molecule has 0 aliphatic rings. The topological polar surface area (TPSA) is 40.5 Å². The van der Waals surface area contributed by atoms with Gasteiger partial charge >= 0.3 is 0 Å². The van der Waals surface area contributed by atoms with Crippen LogP contribution in [0.5, 0.6) is 0 Å². The van der Waals surface area contributed by atoms with E-state index in [4.69, 9.17) is 5.11 Å². The third-order valence-corrected chi connectivity index (χ3v) is 6.84. The normalized spacial score (nSPS) is 14.8. The lowest BCUT2D eigenvalue weighted by molar-refractivity contribution is 0.225. The second-order valence-electron chi connectivity index (χ2n) is 3.39. The van der Waals surface area contributed by atoms with Crippen molar-refractivity contribution in [2.75, 3.05) is 46.9 Å². The first-order valence-electron chi connectivity index (χ1n) is 5.52. The molecule has 0 aliphatic carbocycles. The van der Waals surface area contributed by atoms with Crippen LogP contribution < -0.4 is 0 Å². The van der Waals surface area contributed by atoms with Crippen LogP contribution in [-0.2, 0) is 0 Å². The van der Waals surface area contributed by atoms with Gasteiger partial charge in [0.15, 0.2) is 0 Å². The summed E-state index contributed by atoms with van der Waals surface area (Å²) in [6.45, 7) is 0.185. The van der Waals surface area contributed by atoms with Crippen LogP contribution in [0, 0.1) is 0 Å². The lowest BCUT2D eigenvalue weighted by Gasteiger charge is -2.16. The highest BCUT2D eigenvalue weighted by atomic mass is 32.2. The number of hydrogen-bond acceptors (Lipinski definition) is 7. The van der Waals surface area contributed by atoms with Crippen LogP contribution in [0.2, 0.25) is 0 Å². The van der Waals surface area contributed by atoms with Crippen LogP contribution in [0.15, 0.2) is 0 Å². The molecule has 2 N–H and O–H groups in total. The first kappa shape index (κ1) is 18.7. The Balaban J connectivity index is 3.52. The molecule has 0 bridgehead atoms. The van der Waals surface area contributed by atoms with Gasteiger partial charge in [-0.2, -0.15) is 60.5 Å². The highest BCUT2D eigenvalue weighted by Crippen LogP contribution is 2.20. The molecule has 2 atom stereocenters. The van der Waals surface area contributed by atoms with Crippen molar-refractivity contribution in [3.63, 3.8) is 0 Å². The minimum atomic E-state index is -0.284. The first-order chi connectivity index (χ1) is 8.24. The molecule has 0 aromatic heterocycles. The summed E-state index contributed by atoms with van der Waals surface area (Å²) in [5.74, 6) is 6.07. The predicted molar refractivity (Wildman–Crippen MR) is 91.7 cm³/mol. The van der Waals surface area contributed by atoms with Crippen molar-refractivity contribution in [1.29, 1.82) is 0 Å². The molecular formula is C10H22O2S5. The fourth-order valence-corrected chi connectivity index (χ4v) is 4.92. The molecule has 0 aromatic carbocycles. The van der Waals surface area contributed by atoms with E-state index in [1.54, 1.807) is 23.5 Å². The van der Waals surface area contributed by atoms with Gasteiger partial charge in [-0.05, 0) is 5.75 Å². The van der Waals surface area contributed by atoms with Crippen molar-refractivity contribution in [3.05, 3.63) is 0 Å². The molecule has 0 amide bonds. The van der Waals surface area contributed by atoms with Gasteiger partial charge in [-0.25, -0.2) is 0 Å². The monoisotopic (exact) mass is 334 g/mol. The minimum Gasteiger partial charge on any atom is -0.396 e. The molecule has 0 fully saturated rings. The largest absolute Gasteiger partial charge is 0.396 e. The van der Waals surface area contributed by atoms with E-state index in [-0.39, 0.29) is 12.7 Å². The highest BCUT2D eigenvalue weighted by molar-refractivity contribution is 8.04. The second kappa shape index (κ2) is 14.1. The predicted octanol–water partition coefficient (Wildman–Crippen LogP) is 1.77. The molecule has 0 radical (unpaired) electrons. The number of thioether (sulfide) groups is 3. The maximum Gasteiger partial charge on any atom is 0.0721 e. The van der Waals surface area contributed by atoms with E-state index in [1.165, 1.54) is 0 Å². The van der Waals surface area contributed by atoms with Gasteiger partial charge in [-0.3, -0.25) is 0 Å². The zero-order valence-electron chi connectivity index (χ0n) is 9.83. The maximum atomic E-state index is 9.72. The van der Waals surface area contributed by atoms with Crippen LogP contribution in [0.4, 0.5) is 0 Å². The molecule has 0 spiro atoms. The summed E-state index contributed by atoms with van der Waals surface area (Å²) in [5, 5.41) is 18.9. The van der Waals surface area contributed by atoms with Gasteiger partial charge in [-0.1, -0.05) is 0 Å². The van der Waals surface area contributed by atoms with Crippen LogP contribution in [0.1, 0.15) is 0 Å². The summed E-state index contributed by atoms with van der Waals surface area (Å²) in [5.41, 5.74) is 0. The van der Waals surface area contributed by atoms with Crippen molar-refractivity contribution in [1.82, 2.24) is 0 Å². The molecule has 0 heterocycles. The average Bonchev–Trinajstić information content (AvgIpc) is 2.34. The third kappa shape index (κ3) is 12.4. The van der Waals surface area contributed by atoms with Crippen LogP contribution in [0.3, 0.4) is 0 Å². The van der Waals surface area contributed by atoms with Crippen LogP contribution in [0.25, 0.3) is 0 Å². The van der Waals surface area contributed by atoms with Crippen LogP contribution >= 0.6 is 60.5 Å². The standard InChI is InChI=1S/C10H22O2S5/c11-1-3-15-6-9(12)7-17-10(5-14)8-16-4-2-13/h9-14H,1-8H2. The summed E-state index contributed by atoms with van der Waals surface area (Å²) >= 11 is 13.8. The molecule has 104 valence electrons. The van der Waals surface area contributed by atoms with E-state index in [0.717, 1.165) is 28.8 Å². The van der Waals surface area contributed by atoms with Gasteiger partial charge in [0.2, 0.25) is 0 Å². The molecule has 2 nitrogen and oxygen atoms in total. The first-order valence-corrected chi connectivity index (χ1v) is 10.1. The number of aliphatic hydroxyl groups excluding tert-OH is 2. The molecule has 0 saturated heterocycles. The van der Waals surface area contributed by atoms with Crippen molar-refractivity contribution < 1.29 is 10.2 Å². The molecular weight excluding hydrogens is 312 g/mol. The third-order valence-electron chi connectivity index (χ3n) is 1.81. The van der Waals surface area contributed by atoms with E-state index in [2.05, 4.69) is 25.3 Å². The van der Waals surface area contributed by atoms with Crippen molar-refractivity contribution in [3.8, 4) is 0 Å². The Kier molecular flexibility index (Phi) is 15.5. The molecule has 17 heavy (non-hydrogen) atoms. The minimum absolute atomic E-state index is 0.185. The molecule has 0 saturated carbocycles. The number of thiol groups is 2. The van der Waals surface area contributed by atoms with Gasteiger partial charge in [0.1, 0.15) is 0 Å². The highest BCUT2D eigenvalue weighted by Gasteiger charge is 2.11. The summed E-state index contributed by atoms with van der Waals surface area (Å²) in [6.07, 6.45) is -0.284. The Hall–Kier alpha value is 1.67. The summed E-state index contributed by atoms with van der Waals surface area (Å²) < 4.78 is 0. The van der Waals surface area contributed by atoms with E-state index in [1.807, 2.05) is 11.8 Å². The van der Waals surface area contributed by atoms with E-state index < -0.39 is 0 Å². The lowest BCUT2D eigenvalue weighted by atomic mass is 10.5. The Morgan fingerprint density at radius 3 is 2.29 bits per heavy atom. The molecule has 7 heteroatoms. The fourth-order valence-electron chi connectivity index (χ4n) is 1.01. The maximum absolute atomic E-state index is 9.72. The Bertz CT molecular complexity index is 162. The molecule has 2 unspecified atom stereocenters. The Morgan fingerprint density at radius 2 is 1.71 bits per heavy atom. The van der Waals surface area contributed by atoms with Crippen molar-refractivity contribution in [2.24, 2.45) is 0 Å². The van der Waals surface area contributed by atoms with Gasteiger partial charge in [0.25, 0.3) is 0 Å². The summed E-state index contributed by atoms with van der Waals surface area (Å²) in [4.78, 5) is 0. The summed E-state index contributed by atoms with van der Waals surface area (Å²) in [7, 11) is 0. The fraction of sp³-hybridized carbons (Fsp3) is 1.00. The number of hydrogen-bond donors (Lipinski definition) is 4. The van der Waals surface area contributed by atoms with Crippen molar-refractivity contribution in [2.45, 2.75) is 11.4 Å². The zero-order valence-corrected chi connectivity index (χ0v) is 14.1. The lowest BCUT2D eigenvalue weighted by Crippen LogP contribution is -2.18. The number of rotatable bonds is 12. The zero-order chi connectivity index (χ0) is 12.9. The molecule has 0 aromatic rings. The average molecular weight is 335 g/mol. The van der Waals surface area contributed by atoms with E-state index >= 15 is 0 Å².